The highest BCUT2D eigenvalue weighted by Gasteiger charge is 2.09. The molecular weight excluding hydrogens is 254 g/mol. The van der Waals surface area contributed by atoms with Crippen LogP contribution < -0.4 is 11.1 Å². The van der Waals surface area contributed by atoms with Gasteiger partial charge in [-0.3, -0.25) is 4.79 Å². The molecule has 6 heteroatoms. The Balaban J connectivity index is 1.97. The highest BCUT2D eigenvalue weighted by Crippen LogP contribution is 2.20. The first-order valence-corrected chi connectivity index (χ1v) is 6.41. The monoisotopic (exact) mass is 273 g/mol. The molecule has 0 radical (unpaired) electrons. The van der Waals surface area contributed by atoms with Crippen molar-refractivity contribution >= 4 is 17.3 Å². The number of anilines is 2. The second kappa shape index (κ2) is 6.10. The third-order valence-corrected chi connectivity index (χ3v) is 2.94. The number of imidazole rings is 1. The van der Waals surface area contributed by atoms with Gasteiger partial charge in [0.2, 0.25) is 0 Å². The molecule has 2 aromatic rings. The Hall–Kier alpha value is -2.50. The summed E-state index contributed by atoms with van der Waals surface area (Å²) in [6, 6.07) is 5.29. The van der Waals surface area contributed by atoms with Crippen LogP contribution in [0.25, 0.3) is 0 Å². The van der Waals surface area contributed by atoms with Crippen LogP contribution in [0.2, 0.25) is 0 Å². The predicted octanol–water partition coefficient (Wildman–Crippen LogP) is 1.35. The summed E-state index contributed by atoms with van der Waals surface area (Å²) in [5.74, 6) is 0.870. The maximum absolute atomic E-state index is 11.8. The van der Waals surface area contributed by atoms with E-state index in [1.807, 2.05) is 6.07 Å². The summed E-state index contributed by atoms with van der Waals surface area (Å²) >= 11 is 0. The molecule has 0 atom stereocenters. The van der Waals surface area contributed by atoms with Crippen molar-refractivity contribution in [3.8, 4) is 0 Å². The van der Waals surface area contributed by atoms with E-state index < -0.39 is 0 Å². The fraction of sp³-hybridized carbons (Fsp3) is 0.286. The lowest BCUT2D eigenvalue weighted by Gasteiger charge is -2.13. The first-order valence-electron chi connectivity index (χ1n) is 6.41. The molecule has 106 valence electrons. The normalized spacial score (nSPS) is 10.3. The molecule has 0 aliphatic heterocycles. The van der Waals surface area contributed by atoms with Crippen LogP contribution in [-0.2, 0) is 6.42 Å². The number of nitrogens with zero attached hydrogens (tertiary/aromatic N) is 2. The molecule has 0 saturated heterocycles. The van der Waals surface area contributed by atoms with Crippen molar-refractivity contribution in [2.45, 2.75) is 6.42 Å². The smallest absolute Gasteiger partial charge is 0.253 e. The number of nitrogens with two attached hydrogens (primary N) is 1. The van der Waals surface area contributed by atoms with Crippen LogP contribution in [0.3, 0.4) is 0 Å². The first-order chi connectivity index (χ1) is 9.58. The molecular formula is C14H19N5O. The zero-order valence-corrected chi connectivity index (χ0v) is 11.7. The summed E-state index contributed by atoms with van der Waals surface area (Å²) in [4.78, 5) is 20.5. The molecule has 0 aliphatic rings. The molecule has 1 amide bonds. The third-order valence-electron chi connectivity index (χ3n) is 2.94. The van der Waals surface area contributed by atoms with Gasteiger partial charge in [-0.05, 0) is 18.2 Å². The second-order valence-electron chi connectivity index (χ2n) is 4.71. The summed E-state index contributed by atoms with van der Waals surface area (Å²) in [6.45, 7) is 0.721. The number of rotatable bonds is 5. The Morgan fingerprint density at radius 3 is 2.85 bits per heavy atom. The third kappa shape index (κ3) is 3.28. The van der Waals surface area contributed by atoms with Crippen molar-refractivity contribution in [1.82, 2.24) is 14.9 Å². The number of amides is 1. The van der Waals surface area contributed by atoms with Crippen molar-refractivity contribution < 1.29 is 4.79 Å². The minimum Gasteiger partial charge on any atom is -0.397 e. The summed E-state index contributed by atoms with van der Waals surface area (Å²) < 4.78 is 0. The van der Waals surface area contributed by atoms with Gasteiger partial charge in [0.25, 0.3) is 5.91 Å². The van der Waals surface area contributed by atoms with Crippen LogP contribution in [0, 0.1) is 0 Å². The molecule has 4 N–H and O–H groups in total. The molecule has 0 fully saturated rings. The lowest BCUT2D eigenvalue weighted by atomic mass is 10.1. The molecule has 6 nitrogen and oxygen atoms in total. The van der Waals surface area contributed by atoms with Crippen molar-refractivity contribution in [2.24, 2.45) is 0 Å². The van der Waals surface area contributed by atoms with Gasteiger partial charge in [-0.1, -0.05) is 0 Å². The lowest BCUT2D eigenvalue weighted by molar-refractivity contribution is 0.0827. The molecule has 2 rings (SSSR count). The van der Waals surface area contributed by atoms with E-state index >= 15 is 0 Å². The van der Waals surface area contributed by atoms with E-state index in [0.29, 0.717) is 11.3 Å². The molecule has 1 aromatic carbocycles. The van der Waals surface area contributed by atoms with Crippen molar-refractivity contribution in [2.75, 3.05) is 31.7 Å². The zero-order valence-electron chi connectivity index (χ0n) is 11.7. The van der Waals surface area contributed by atoms with Gasteiger partial charge < -0.3 is 20.9 Å². The Kier molecular flexibility index (Phi) is 4.24. The number of hydrogen-bond donors (Lipinski definition) is 3. The number of carbonyl (C=O) groups is 1. The van der Waals surface area contributed by atoms with Gasteiger partial charge in [-0.25, -0.2) is 4.98 Å². The Morgan fingerprint density at radius 2 is 2.25 bits per heavy atom. The fourth-order valence-electron chi connectivity index (χ4n) is 1.87. The molecule has 0 aliphatic carbocycles. The topological polar surface area (TPSA) is 87.0 Å². The number of carbonyl (C=O) groups excluding carboxylic acids is 1. The number of H-pyrrole nitrogens is 1. The van der Waals surface area contributed by atoms with Crippen LogP contribution in [0.5, 0.6) is 0 Å². The van der Waals surface area contributed by atoms with Gasteiger partial charge in [0.1, 0.15) is 5.82 Å². The molecule has 20 heavy (non-hydrogen) atoms. The van der Waals surface area contributed by atoms with Crippen molar-refractivity contribution in [1.29, 1.82) is 0 Å². The average Bonchev–Trinajstić information content (AvgIpc) is 2.92. The second-order valence-corrected chi connectivity index (χ2v) is 4.71. The standard InChI is InChI=1S/C14H19N5O/c1-19(2)14(20)10-3-4-12(11(15)9-10)16-6-5-13-17-7-8-18-13/h3-4,7-9,16H,5-6,15H2,1-2H3,(H,17,18). The largest absolute Gasteiger partial charge is 0.397 e. The minimum absolute atomic E-state index is 0.0566. The fourth-order valence-corrected chi connectivity index (χ4v) is 1.87. The molecule has 0 saturated carbocycles. The Bertz CT molecular complexity index is 577. The van der Waals surface area contributed by atoms with E-state index in [4.69, 9.17) is 5.73 Å². The number of nitrogens with one attached hydrogen (secondary N) is 2. The van der Waals surface area contributed by atoms with Gasteiger partial charge in [-0.2, -0.15) is 0 Å². The molecule has 0 bridgehead atoms. The predicted molar refractivity (Wildman–Crippen MR) is 79.7 cm³/mol. The molecule has 0 unspecified atom stereocenters. The number of benzene rings is 1. The summed E-state index contributed by atoms with van der Waals surface area (Å²) in [5.41, 5.74) is 7.94. The number of nitrogen functional groups attached to an aromatic ring is 1. The van der Waals surface area contributed by atoms with Crippen LogP contribution in [-0.4, -0.2) is 41.4 Å². The minimum atomic E-state index is -0.0566. The quantitative estimate of drug-likeness (QED) is 0.718. The number of hydrogen-bond acceptors (Lipinski definition) is 4. The molecule has 1 heterocycles. The summed E-state index contributed by atoms with van der Waals surface area (Å²) in [7, 11) is 3.43. The number of aromatic nitrogens is 2. The summed E-state index contributed by atoms with van der Waals surface area (Å²) in [6.07, 6.45) is 4.31. The van der Waals surface area contributed by atoms with E-state index in [1.54, 1.807) is 38.6 Å². The van der Waals surface area contributed by atoms with Gasteiger partial charge in [0, 0.05) is 45.0 Å². The van der Waals surface area contributed by atoms with E-state index in [1.165, 1.54) is 4.90 Å². The van der Waals surface area contributed by atoms with Gasteiger partial charge in [0.05, 0.1) is 11.4 Å². The Labute approximate surface area is 118 Å². The van der Waals surface area contributed by atoms with Crippen LogP contribution in [0.4, 0.5) is 11.4 Å². The van der Waals surface area contributed by atoms with Crippen LogP contribution in [0.15, 0.2) is 30.6 Å². The zero-order chi connectivity index (χ0) is 14.5. The van der Waals surface area contributed by atoms with Crippen molar-refractivity contribution in [3.05, 3.63) is 42.0 Å². The highest BCUT2D eigenvalue weighted by molar-refractivity contribution is 5.95. The van der Waals surface area contributed by atoms with Crippen LogP contribution >= 0.6 is 0 Å². The number of aromatic amines is 1. The summed E-state index contributed by atoms with van der Waals surface area (Å²) in [5, 5.41) is 3.24. The first kappa shape index (κ1) is 13.9. The lowest BCUT2D eigenvalue weighted by Crippen LogP contribution is -2.21. The van der Waals surface area contributed by atoms with E-state index in [-0.39, 0.29) is 5.91 Å². The van der Waals surface area contributed by atoms with E-state index in [2.05, 4.69) is 15.3 Å². The highest BCUT2D eigenvalue weighted by atomic mass is 16.2. The van der Waals surface area contributed by atoms with E-state index in [9.17, 15) is 4.79 Å². The maximum atomic E-state index is 11.8. The SMILES string of the molecule is CN(C)C(=O)c1ccc(NCCc2ncc[nH]2)c(N)c1. The van der Waals surface area contributed by atoms with Crippen LogP contribution in [0.1, 0.15) is 16.2 Å². The average molecular weight is 273 g/mol. The van der Waals surface area contributed by atoms with Gasteiger partial charge in [0.15, 0.2) is 0 Å². The van der Waals surface area contributed by atoms with Gasteiger partial charge >= 0.3 is 0 Å². The van der Waals surface area contributed by atoms with Crippen molar-refractivity contribution in [3.63, 3.8) is 0 Å². The molecule has 1 aromatic heterocycles. The Morgan fingerprint density at radius 1 is 1.45 bits per heavy atom. The van der Waals surface area contributed by atoms with Gasteiger partial charge in [-0.15, -0.1) is 0 Å². The maximum Gasteiger partial charge on any atom is 0.253 e. The van der Waals surface area contributed by atoms with E-state index in [0.717, 1.165) is 24.5 Å². The molecule has 0 spiro atoms.